The van der Waals surface area contributed by atoms with E-state index in [1.54, 1.807) is 6.20 Å². The second-order valence-corrected chi connectivity index (χ2v) is 5.60. The Morgan fingerprint density at radius 2 is 2.04 bits per heavy atom. The summed E-state index contributed by atoms with van der Waals surface area (Å²) in [5, 5.41) is 9.21. The topological polar surface area (TPSA) is 68.0 Å². The van der Waals surface area contributed by atoms with E-state index in [0.717, 1.165) is 33.8 Å². The summed E-state index contributed by atoms with van der Waals surface area (Å²) in [7, 11) is 0. The summed E-state index contributed by atoms with van der Waals surface area (Å²) in [6.45, 7) is 2.48. The van der Waals surface area contributed by atoms with Crippen LogP contribution in [0.25, 0.3) is 16.6 Å². The average molecular weight is 325 g/mol. The van der Waals surface area contributed by atoms with Crippen LogP contribution in [0.3, 0.4) is 0 Å². The zero-order valence-electron chi connectivity index (χ0n) is 12.4. The molecule has 114 valence electrons. The van der Waals surface area contributed by atoms with Crippen LogP contribution in [0.15, 0.2) is 42.7 Å². The van der Waals surface area contributed by atoms with Crippen LogP contribution in [0.2, 0.25) is 5.15 Å². The van der Waals surface area contributed by atoms with Crippen LogP contribution in [0.5, 0.6) is 0 Å². The Kier molecular flexibility index (Phi) is 3.31. The average Bonchev–Trinajstić information content (AvgIpc) is 2.94. The van der Waals surface area contributed by atoms with Crippen molar-refractivity contribution in [2.24, 2.45) is 0 Å². The van der Waals surface area contributed by atoms with E-state index in [1.807, 2.05) is 41.8 Å². The standard InChI is InChI=1S/C16H13ClN6/c1-10-6-15-21-16(20-8-11-7-19-14(17)9-18-11)12-4-2-3-5-13(12)23(15)22-10/h2-7,9H,8H2,1H3,(H,20,21). The number of hydrogen-bond donors (Lipinski definition) is 1. The molecule has 0 amide bonds. The van der Waals surface area contributed by atoms with Crippen LogP contribution in [0, 0.1) is 6.92 Å². The Morgan fingerprint density at radius 3 is 2.87 bits per heavy atom. The zero-order chi connectivity index (χ0) is 15.8. The van der Waals surface area contributed by atoms with E-state index < -0.39 is 0 Å². The maximum absolute atomic E-state index is 5.76. The van der Waals surface area contributed by atoms with E-state index in [1.165, 1.54) is 6.20 Å². The van der Waals surface area contributed by atoms with E-state index in [2.05, 4.69) is 25.4 Å². The summed E-state index contributed by atoms with van der Waals surface area (Å²) < 4.78 is 1.86. The highest BCUT2D eigenvalue weighted by atomic mass is 35.5. The smallest absolute Gasteiger partial charge is 0.158 e. The minimum atomic E-state index is 0.383. The first kappa shape index (κ1) is 13.9. The Hall–Kier alpha value is -2.73. The van der Waals surface area contributed by atoms with Gasteiger partial charge in [0.1, 0.15) is 11.0 Å². The molecule has 6 nitrogen and oxygen atoms in total. The predicted molar refractivity (Wildman–Crippen MR) is 89.6 cm³/mol. The fourth-order valence-corrected chi connectivity index (χ4v) is 2.61. The molecule has 1 aromatic carbocycles. The molecule has 0 radical (unpaired) electrons. The molecule has 0 saturated heterocycles. The number of anilines is 1. The molecule has 0 fully saturated rings. The molecule has 0 atom stereocenters. The third-order valence-electron chi connectivity index (χ3n) is 3.54. The van der Waals surface area contributed by atoms with Crippen molar-refractivity contribution in [3.63, 3.8) is 0 Å². The first-order chi connectivity index (χ1) is 11.2. The summed E-state index contributed by atoms with van der Waals surface area (Å²) in [4.78, 5) is 12.9. The quantitative estimate of drug-likeness (QED) is 0.626. The lowest BCUT2D eigenvalue weighted by molar-refractivity contribution is 0.950. The molecule has 0 bridgehead atoms. The van der Waals surface area contributed by atoms with Gasteiger partial charge in [-0.15, -0.1) is 0 Å². The fourth-order valence-electron chi connectivity index (χ4n) is 2.52. The highest BCUT2D eigenvalue weighted by Gasteiger charge is 2.09. The van der Waals surface area contributed by atoms with Gasteiger partial charge in [0.25, 0.3) is 0 Å². The van der Waals surface area contributed by atoms with Crippen LogP contribution < -0.4 is 5.32 Å². The summed E-state index contributed by atoms with van der Waals surface area (Å²) in [6.07, 6.45) is 3.19. The first-order valence-electron chi connectivity index (χ1n) is 7.16. The second kappa shape index (κ2) is 5.48. The third-order valence-corrected chi connectivity index (χ3v) is 3.73. The second-order valence-electron chi connectivity index (χ2n) is 5.22. The largest absolute Gasteiger partial charge is 0.364 e. The molecule has 7 heteroatoms. The molecule has 23 heavy (non-hydrogen) atoms. The maximum atomic E-state index is 5.76. The summed E-state index contributed by atoms with van der Waals surface area (Å²) >= 11 is 5.76. The molecule has 0 unspecified atom stereocenters. The van der Waals surface area contributed by atoms with Crippen LogP contribution in [-0.2, 0) is 6.54 Å². The van der Waals surface area contributed by atoms with E-state index >= 15 is 0 Å². The highest BCUT2D eigenvalue weighted by molar-refractivity contribution is 6.29. The maximum Gasteiger partial charge on any atom is 0.158 e. The number of aromatic nitrogens is 5. The third kappa shape index (κ3) is 2.57. The number of nitrogens with one attached hydrogen (secondary N) is 1. The van der Waals surface area contributed by atoms with Crippen molar-refractivity contribution in [1.29, 1.82) is 0 Å². The van der Waals surface area contributed by atoms with Crippen molar-refractivity contribution in [2.45, 2.75) is 13.5 Å². The minimum Gasteiger partial charge on any atom is -0.364 e. The van der Waals surface area contributed by atoms with Gasteiger partial charge in [-0.25, -0.2) is 14.5 Å². The van der Waals surface area contributed by atoms with Crippen LogP contribution in [0.1, 0.15) is 11.4 Å². The molecule has 4 rings (SSSR count). The number of aryl methyl sites for hydroxylation is 1. The Balaban J connectivity index is 1.76. The lowest BCUT2D eigenvalue weighted by Gasteiger charge is -2.10. The van der Waals surface area contributed by atoms with E-state index in [4.69, 9.17) is 11.6 Å². The van der Waals surface area contributed by atoms with E-state index in [-0.39, 0.29) is 0 Å². The number of para-hydroxylation sites is 1. The van der Waals surface area contributed by atoms with Crippen molar-refractivity contribution in [3.8, 4) is 0 Å². The van der Waals surface area contributed by atoms with Gasteiger partial charge in [-0.2, -0.15) is 5.10 Å². The zero-order valence-corrected chi connectivity index (χ0v) is 13.1. The fraction of sp³-hybridized carbons (Fsp3) is 0.125. The van der Waals surface area contributed by atoms with Crippen LogP contribution in [-0.4, -0.2) is 24.6 Å². The van der Waals surface area contributed by atoms with Crippen LogP contribution in [0.4, 0.5) is 5.82 Å². The molecule has 3 heterocycles. The van der Waals surface area contributed by atoms with Crippen LogP contribution >= 0.6 is 11.6 Å². The molecular formula is C16H13ClN6. The van der Waals surface area contributed by atoms with Gasteiger partial charge in [-0.3, -0.25) is 4.98 Å². The number of halogens is 1. The van der Waals surface area contributed by atoms with Crippen molar-refractivity contribution < 1.29 is 0 Å². The SMILES string of the molecule is Cc1cc2nc(NCc3cnc(Cl)cn3)c3ccccc3n2n1. The Morgan fingerprint density at radius 1 is 1.17 bits per heavy atom. The molecule has 1 N–H and O–H groups in total. The van der Waals surface area contributed by atoms with Gasteiger partial charge in [0.15, 0.2) is 5.65 Å². The van der Waals surface area contributed by atoms with Crippen molar-refractivity contribution >= 4 is 34.0 Å². The van der Waals surface area contributed by atoms with E-state index in [0.29, 0.717) is 11.7 Å². The van der Waals surface area contributed by atoms with Crippen molar-refractivity contribution in [2.75, 3.05) is 5.32 Å². The number of hydrogen-bond acceptors (Lipinski definition) is 5. The van der Waals surface area contributed by atoms with Gasteiger partial charge < -0.3 is 5.32 Å². The summed E-state index contributed by atoms with van der Waals surface area (Å²) in [5.41, 5.74) is 3.55. The summed E-state index contributed by atoms with van der Waals surface area (Å²) in [6, 6.07) is 9.99. The van der Waals surface area contributed by atoms with Crippen molar-refractivity contribution in [3.05, 3.63) is 59.3 Å². The van der Waals surface area contributed by atoms with Gasteiger partial charge in [0, 0.05) is 11.5 Å². The predicted octanol–water partition coefficient (Wildman–Crippen LogP) is 3.25. The normalized spacial score (nSPS) is 11.2. The monoisotopic (exact) mass is 324 g/mol. The number of benzene rings is 1. The highest BCUT2D eigenvalue weighted by Crippen LogP contribution is 2.23. The van der Waals surface area contributed by atoms with E-state index in [9.17, 15) is 0 Å². The lowest BCUT2D eigenvalue weighted by Crippen LogP contribution is -2.06. The molecule has 3 aromatic heterocycles. The Labute approximate surface area is 137 Å². The molecule has 0 spiro atoms. The number of rotatable bonds is 3. The van der Waals surface area contributed by atoms with Gasteiger partial charge in [0.05, 0.1) is 35.8 Å². The van der Waals surface area contributed by atoms with Gasteiger partial charge in [-0.05, 0) is 19.1 Å². The number of fused-ring (bicyclic) bond motifs is 3. The minimum absolute atomic E-state index is 0.383. The van der Waals surface area contributed by atoms with Gasteiger partial charge in [-0.1, -0.05) is 23.7 Å². The molecule has 0 aliphatic carbocycles. The molecule has 0 aliphatic rings. The molecule has 4 aromatic rings. The summed E-state index contributed by atoms with van der Waals surface area (Å²) in [5.74, 6) is 0.796. The van der Waals surface area contributed by atoms with Crippen molar-refractivity contribution in [1.82, 2.24) is 24.6 Å². The molecule has 0 aliphatic heterocycles. The molecule has 0 saturated carbocycles. The first-order valence-corrected chi connectivity index (χ1v) is 7.54. The Bertz CT molecular complexity index is 993. The number of nitrogens with zero attached hydrogens (tertiary/aromatic N) is 5. The van der Waals surface area contributed by atoms with Gasteiger partial charge in [0.2, 0.25) is 0 Å². The van der Waals surface area contributed by atoms with Gasteiger partial charge >= 0.3 is 0 Å². The lowest BCUT2D eigenvalue weighted by atomic mass is 10.2. The molecular weight excluding hydrogens is 312 g/mol.